The molecule has 31 heavy (non-hydrogen) atoms. The molecular weight excluding hydrogens is 384 g/mol. The Kier molecular flexibility index (Phi) is 5.40. The molecule has 3 fully saturated rings. The van der Waals surface area contributed by atoms with Crippen LogP contribution in [-0.4, -0.2) is 49.7 Å². The summed E-state index contributed by atoms with van der Waals surface area (Å²) >= 11 is 0. The first-order valence-corrected chi connectivity index (χ1v) is 12.3. The zero-order valence-electron chi connectivity index (χ0n) is 19.7. The Morgan fingerprint density at radius 1 is 1.16 bits per heavy atom. The van der Waals surface area contributed by atoms with E-state index in [1.54, 1.807) is 5.57 Å². The van der Waals surface area contributed by atoms with Gasteiger partial charge in [-0.2, -0.15) is 0 Å². The van der Waals surface area contributed by atoms with E-state index < -0.39 is 0 Å². The number of carbonyl (C=O) groups excluding carboxylic acids is 1. The van der Waals surface area contributed by atoms with Crippen molar-refractivity contribution in [2.75, 3.05) is 37.6 Å². The van der Waals surface area contributed by atoms with Crippen molar-refractivity contribution < 1.29 is 9.53 Å². The van der Waals surface area contributed by atoms with Crippen molar-refractivity contribution in [2.45, 2.75) is 59.5 Å². The monoisotopic (exact) mass is 422 g/mol. The van der Waals surface area contributed by atoms with Gasteiger partial charge in [0.25, 0.3) is 0 Å². The minimum Gasteiger partial charge on any atom is -0.461 e. The van der Waals surface area contributed by atoms with Crippen molar-refractivity contribution in [2.24, 2.45) is 23.2 Å². The molecule has 4 heteroatoms. The van der Waals surface area contributed by atoms with Gasteiger partial charge in [-0.3, -0.25) is 9.69 Å². The number of rotatable bonds is 3. The number of nitrogens with zero attached hydrogens (tertiary/aromatic N) is 2. The highest BCUT2D eigenvalue weighted by Gasteiger charge is 2.52. The number of hydrogen-bond donors (Lipinski definition) is 0. The second-order valence-corrected chi connectivity index (χ2v) is 10.8. The van der Waals surface area contributed by atoms with Gasteiger partial charge in [-0.05, 0) is 61.6 Å². The lowest BCUT2D eigenvalue weighted by Crippen LogP contribution is -2.49. The molecule has 0 radical (unpaired) electrons. The molecule has 2 aliphatic carbocycles. The standard InChI is InChI=1S/C27H38N2O2/c1-18-7-5-9-24(20(18)3)29-13-11-28(12-14-29)17-22-21-15-23-19(2)8-6-10-27(23,4)16-25(21)31-26(22)30/h5,7,9,15,19,21-22,25H,6,8,10-14,16-17H2,1-4H3/t19-,21-,22-,25+,27+/m0/s1. The second kappa shape index (κ2) is 7.95. The highest BCUT2D eigenvalue weighted by atomic mass is 16.6. The molecule has 1 saturated carbocycles. The predicted octanol–water partition coefficient (Wildman–Crippen LogP) is 4.74. The number of carbonyl (C=O) groups is 1. The topological polar surface area (TPSA) is 32.8 Å². The van der Waals surface area contributed by atoms with Crippen molar-refractivity contribution in [3.63, 3.8) is 0 Å². The van der Waals surface area contributed by atoms with E-state index in [4.69, 9.17) is 4.74 Å². The number of ether oxygens (including phenoxy) is 1. The summed E-state index contributed by atoms with van der Waals surface area (Å²) in [6.45, 7) is 14.1. The Hall–Kier alpha value is -1.81. The maximum Gasteiger partial charge on any atom is 0.311 e. The predicted molar refractivity (Wildman–Crippen MR) is 125 cm³/mol. The van der Waals surface area contributed by atoms with Crippen LogP contribution < -0.4 is 4.90 Å². The minimum absolute atomic E-state index is 0.00318. The molecule has 168 valence electrons. The SMILES string of the molecule is Cc1cccc(N2CCN(C[C@@H]3C(=O)O[C@@H]4C[C@@]5(C)CCC[C@H](C)C5=C[C@@H]34)CC2)c1C. The van der Waals surface area contributed by atoms with Crippen LogP contribution in [0.25, 0.3) is 0 Å². The second-order valence-electron chi connectivity index (χ2n) is 10.8. The first kappa shape index (κ1) is 21.1. The molecular formula is C27H38N2O2. The van der Waals surface area contributed by atoms with Crippen LogP contribution in [0.1, 0.15) is 50.7 Å². The van der Waals surface area contributed by atoms with Gasteiger partial charge in [0.2, 0.25) is 0 Å². The zero-order chi connectivity index (χ0) is 21.8. The summed E-state index contributed by atoms with van der Waals surface area (Å²) in [6.07, 6.45) is 7.44. The zero-order valence-corrected chi connectivity index (χ0v) is 19.7. The van der Waals surface area contributed by atoms with Gasteiger partial charge in [0.05, 0.1) is 5.92 Å². The van der Waals surface area contributed by atoms with Crippen LogP contribution in [0.5, 0.6) is 0 Å². The summed E-state index contributed by atoms with van der Waals surface area (Å²) in [4.78, 5) is 17.9. The molecule has 2 aliphatic heterocycles. The van der Waals surface area contributed by atoms with Crippen LogP contribution in [0.2, 0.25) is 0 Å². The summed E-state index contributed by atoms with van der Waals surface area (Å²) in [5.74, 6) is 0.965. The maximum absolute atomic E-state index is 12.9. The number of aryl methyl sites for hydroxylation is 1. The molecule has 0 spiro atoms. The van der Waals surface area contributed by atoms with Crippen molar-refractivity contribution in [3.8, 4) is 0 Å². The lowest BCUT2D eigenvalue weighted by molar-refractivity contribution is -0.145. The van der Waals surface area contributed by atoms with Gasteiger partial charge in [-0.25, -0.2) is 0 Å². The number of benzene rings is 1. The van der Waals surface area contributed by atoms with E-state index in [1.165, 1.54) is 36.1 Å². The van der Waals surface area contributed by atoms with E-state index in [2.05, 4.69) is 61.8 Å². The van der Waals surface area contributed by atoms with Gasteiger partial charge in [-0.15, -0.1) is 0 Å². The quantitative estimate of drug-likeness (QED) is 0.520. The molecule has 5 rings (SSSR count). The third kappa shape index (κ3) is 3.71. The summed E-state index contributed by atoms with van der Waals surface area (Å²) in [6, 6.07) is 6.59. The summed E-state index contributed by atoms with van der Waals surface area (Å²) in [7, 11) is 0. The molecule has 1 aromatic rings. The van der Waals surface area contributed by atoms with Crippen molar-refractivity contribution >= 4 is 11.7 Å². The van der Waals surface area contributed by atoms with Crippen LogP contribution in [0.15, 0.2) is 29.8 Å². The van der Waals surface area contributed by atoms with E-state index in [1.807, 2.05) is 0 Å². The first-order chi connectivity index (χ1) is 14.9. The van der Waals surface area contributed by atoms with Gasteiger partial charge in [0.15, 0.2) is 0 Å². The van der Waals surface area contributed by atoms with Crippen LogP contribution in [0, 0.1) is 37.0 Å². The number of hydrogen-bond acceptors (Lipinski definition) is 4. The fourth-order valence-corrected chi connectivity index (χ4v) is 6.79. The van der Waals surface area contributed by atoms with Crippen LogP contribution in [0.3, 0.4) is 0 Å². The summed E-state index contributed by atoms with van der Waals surface area (Å²) in [5.41, 5.74) is 5.96. The molecule has 0 unspecified atom stereocenters. The Labute approximate surface area is 187 Å². The van der Waals surface area contributed by atoms with Crippen LogP contribution in [0.4, 0.5) is 5.69 Å². The molecule has 2 saturated heterocycles. The van der Waals surface area contributed by atoms with Crippen molar-refractivity contribution in [1.82, 2.24) is 4.90 Å². The highest BCUT2D eigenvalue weighted by Crippen LogP contribution is 2.54. The average Bonchev–Trinajstić information content (AvgIpc) is 3.03. The number of piperazine rings is 1. The Morgan fingerprint density at radius 3 is 2.71 bits per heavy atom. The molecule has 4 nitrogen and oxygen atoms in total. The minimum atomic E-state index is 0.00318. The molecule has 0 aromatic heterocycles. The highest BCUT2D eigenvalue weighted by molar-refractivity contribution is 5.76. The average molecular weight is 423 g/mol. The molecule has 1 aromatic carbocycles. The van der Waals surface area contributed by atoms with E-state index in [0.717, 1.165) is 39.1 Å². The van der Waals surface area contributed by atoms with Crippen LogP contribution >= 0.6 is 0 Å². The smallest absolute Gasteiger partial charge is 0.311 e. The largest absolute Gasteiger partial charge is 0.461 e. The Bertz CT molecular complexity index is 885. The van der Waals surface area contributed by atoms with Crippen molar-refractivity contribution in [3.05, 3.63) is 41.0 Å². The lowest BCUT2D eigenvalue weighted by Gasteiger charge is -2.46. The number of esters is 1. The fraction of sp³-hybridized carbons (Fsp3) is 0.667. The number of anilines is 1. The molecule has 0 amide bonds. The molecule has 4 aliphatic rings. The van der Waals surface area contributed by atoms with Crippen molar-refractivity contribution in [1.29, 1.82) is 0 Å². The number of allylic oxidation sites excluding steroid dienone is 1. The van der Waals surface area contributed by atoms with E-state index in [-0.39, 0.29) is 29.3 Å². The number of fused-ring (bicyclic) bond motifs is 2. The summed E-state index contributed by atoms with van der Waals surface area (Å²) < 4.78 is 5.97. The Morgan fingerprint density at radius 2 is 1.94 bits per heavy atom. The van der Waals surface area contributed by atoms with Gasteiger partial charge >= 0.3 is 5.97 Å². The third-order valence-electron chi connectivity index (χ3n) is 8.83. The molecule has 0 bridgehead atoms. The van der Waals surface area contributed by atoms with E-state index in [9.17, 15) is 4.79 Å². The van der Waals surface area contributed by atoms with Crippen LogP contribution in [-0.2, 0) is 9.53 Å². The molecule has 5 atom stereocenters. The summed E-state index contributed by atoms with van der Waals surface area (Å²) in [5, 5.41) is 0. The van der Waals surface area contributed by atoms with Gasteiger partial charge in [-0.1, -0.05) is 44.1 Å². The van der Waals surface area contributed by atoms with Gasteiger partial charge in [0.1, 0.15) is 6.10 Å². The lowest BCUT2D eigenvalue weighted by atomic mass is 9.59. The van der Waals surface area contributed by atoms with E-state index in [0.29, 0.717) is 5.92 Å². The molecule has 2 heterocycles. The third-order valence-corrected chi connectivity index (χ3v) is 8.83. The maximum atomic E-state index is 12.9. The first-order valence-electron chi connectivity index (χ1n) is 12.3. The fourth-order valence-electron chi connectivity index (χ4n) is 6.79. The van der Waals surface area contributed by atoms with Gasteiger partial charge < -0.3 is 9.64 Å². The normalized spacial score (nSPS) is 35.9. The van der Waals surface area contributed by atoms with E-state index >= 15 is 0 Å². The van der Waals surface area contributed by atoms with Gasteiger partial charge in [0, 0.05) is 44.3 Å². The Balaban J connectivity index is 1.27. The molecule has 0 N–H and O–H groups in total.